The molecule has 4 aliphatic rings. The summed E-state index contributed by atoms with van der Waals surface area (Å²) < 4.78 is 5.73. The molecule has 0 aromatic heterocycles. The molecule has 4 aliphatic carbocycles. The van der Waals surface area contributed by atoms with Gasteiger partial charge in [-0.1, -0.05) is 72.5 Å². The number of hydrogen-bond donors (Lipinski definition) is 0. The minimum atomic E-state index is -0.118. The van der Waals surface area contributed by atoms with Crippen LogP contribution >= 0.6 is 0 Å². The number of allylic oxidation sites excluding steroid dienone is 1. The van der Waals surface area contributed by atoms with Gasteiger partial charge >= 0.3 is 5.97 Å². The van der Waals surface area contributed by atoms with Gasteiger partial charge in [-0.05, 0) is 91.3 Å². The summed E-state index contributed by atoms with van der Waals surface area (Å²) in [7, 11) is 0. The molecule has 0 heterocycles. The fourth-order valence-corrected chi connectivity index (χ4v) is 9.44. The van der Waals surface area contributed by atoms with Crippen molar-refractivity contribution in [3.63, 3.8) is 0 Å². The molecule has 4 rings (SSSR count). The van der Waals surface area contributed by atoms with Crippen LogP contribution in [0.2, 0.25) is 0 Å². The van der Waals surface area contributed by atoms with Crippen LogP contribution in [-0.2, 0) is 9.53 Å². The molecule has 0 N–H and O–H groups in total. The summed E-state index contributed by atoms with van der Waals surface area (Å²) >= 11 is 0. The minimum Gasteiger partial charge on any atom is -0.462 e. The number of esters is 1. The lowest BCUT2D eigenvalue weighted by molar-refractivity contribution is -0.151. The first-order valence-electron chi connectivity index (χ1n) is 14.0. The molecule has 9 unspecified atom stereocenters. The number of rotatable bonds is 6. The molecule has 32 heavy (non-hydrogen) atoms. The van der Waals surface area contributed by atoms with Crippen LogP contribution in [0.5, 0.6) is 0 Å². The van der Waals surface area contributed by atoms with Crippen LogP contribution in [0.4, 0.5) is 0 Å². The topological polar surface area (TPSA) is 26.3 Å². The van der Waals surface area contributed by atoms with Gasteiger partial charge in [0.15, 0.2) is 0 Å². The Hall–Kier alpha value is -0.790. The maximum absolute atomic E-state index is 11.6. The fourth-order valence-electron chi connectivity index (χ4n) is 9.44. The normalized spacial score (nSPS) is 44.3. The van der Waals surface area contributed by atoms with E-state index in [1.165, 1.54) is 57.8 Å². The lowest BCUT2D eigenvalue weighted by Gasteiger charge is -2.59. The van der Waals surface area contributed by atoms with E-state index in [1.807, 2.05) is 0 Å². The summed E-state index contributed by atoms with van der Waals surface area (Å²) in [6, 6.07) is 0. The average molecular weight is 443 g/mol. The fraction of sp³-hybridized carbons (Fsp3) is 0.900. The first kappa shape index (κ1) is 24.3. The summed E-state index contributed by atoms with van der Waals surface area (Å²) in [5, 5.41) is 0. The highest BCUT2D eigenvalue weighted by molar-refractivity contribution is 5.66. The van der Waals surface area contributed by atoms with Crippen molar-refractivity contribution in [2.45, 2.75) is 119 Å². The predicted octanol–water partition coefficient (Wildman–Crippen LogP) is 8.21. The van der Waals surface area contributed by atoms with Crippen molar-refractivity contribution in [2.24, 2.45) is 52.3 Å². The van der Waals surface area contributed by atoms with Crippen LogP contribution in [0.15, 0.2) is 11.6 Å². The molecule has 182 valence electrons. The van der Waals surface area contributed by atoms with Gasteiger partial charge in [-0.2, -0.15) is 0 Å². The maximum atomic E-state index is 11.6. The molecule has 0 radical (unpaired) electrons. The van der Waals surface area contributed by atoms with Gasteiger partial charge < -0.3 is 4.74 Å². The zero-order valence-corrected chi connectivity index (χ0v) is 22.1. The van der Waals surface area contributed by atoms with Crippen LogP contribution in [-0.4, -0.2) is 12.1 Å². The van der Waals surface area contributed by atoms with Crippen molar-refractivity contribution in [2.75, 3.05) is 0 Å². The quantitative estimate of drug-likeness (QED) is 0.306. The predicted molar refractivity (Wildman–Crippen MR) is 133 cm³/mol. The van der Waals surface area contributed by atoms with E-state index in [0.29, 0.717) is 16.7 Å². The van der Waals surface area contributed by atoms with Gasteiger partial charge in [0, 0.05) is 12.8 Å². The second kappa shape index (κ2) is 9.10. The third kappa shape index (κ3) is 4.11. The van der Waals surface area contributed by atoms with Gasteiger partial charge in [0.05, 0.1) is 0 Å². The van der Waals surface area contributed by atoms with E-state index in [2.05, 4.69) is 47.6 Å². The van der Waals surface area contributed by atoms with E-state index in [0.717, 1.165) is 41.9 Å². The van der Waals surface area contributed by atoms with Gasteiger partial charge in [-0.15, -0.1) is 0 Å². The second-order valence-electron chi connectivity index (χ2n) is 13.2. The number of ether oxygens (including phenoxy) is 1. The molecule has 2 heteroatoms. The lowest BCUT2D eigenvalue weighted by atomic mass is 9.46. The first-order chi connectivity index (χ1) is 15.1. The lowest BCUT2D eigenvalue weighted by Crippen LogP contribution is -2.52. The molecule has 0 amide bonds. The van der Waals surface area contributed by atoms with Crippen molar-refractivity contribution in [1.82, 2.24) is 0 Å². The molecule has 0 saturated heterocycles. The summed E-state index contributed by atoms with van der Waals surface area (Å²) in [4.78, 5) is 11.6. The molecule has 0 spiro atoms. The standard InChI is InChI=1S/C30H50O2/c1-19(2)9-8-10-20(3)24-13-14-26-23-11-12-25-21(4)28(32-22(5)31)16-18-30(25,7)27(23)15-17-29(24,26)6/h12,19-21,23-24,26-28H,8-11,13-18H2,1-7H3. The highest BCUT2D eigenvalue weighted by atomic mass is 16.5. The van der Waals surface area contributed by atoms with E-state index in [1.54, 1.807) is 12.5 Å². The number of fused-ring (bicyclic) bond motifs is 5. The highest BCUT2D eigenvalue weighted by Gasteiger charge is 2.60. The Morgan fingerprint density at radius 2 is 1.81 bits per heavy atom. The summed E-state index contributed by atoms with van der Waals surface area (Å²) in [5.41, 5.74) is 2.50. The Balaban J connectivity index is 1.50. The van der Waals surface area contributed by atoms with Crippen LogP contribution in [0.25, 0.3) is 0 Å². The van der Waals surface area contributed by atoms with Gasteiger partial charge in [-0.25, -0.2) is 0 Å². The zero-order valence-electron chi connectivity index (χ0n) is 22.1. The summed E-state index contributed by atoms with van der Waals surface area (Å²) in [6.45, 7) is 16.4. The van der Waals surface area contributed by atoms with Crippen molar-refractivity contribution < 1.29 is 9.53 Å². The SMILES string of the molecule is CC(=O)OC1CCC2(C)C(=CCC3C2CCC2(C)C(C(C)CCCC(C)C)CCC32)C1C. The van der Waals surface area contributed by atoms with E-state index < -0.39 is 0 Å². The van der Waals surface area contributed by atoms with Crippen molar-refractivity contribution in [1.29, 1.82) is 0 Å². The van der Waals surface area contributed by atoms with Crippen molar-refractivity contribution >= 4 is 5.97 Å². The Kier molecular flexibility index (Phi) is 6.92. The number of hydrogen-bond acceptors (Lipinski definition) is 2. The molecule has 0 aliphatic heterocycles. The largest absolute Gasteiger partial charge is 0.462 e. The zero-order chi connectivity index (χ0) is 23.3. The molecule has 3 fully saturated rings. The third-order valence-corrected chi connectivity index (χ3v) is 11.0. The van der Waals surface area contributed by atoms with Crippen molar-refractivity contribution in [3.05, 3.63) is 11.6 Å². The smallest absolute Gasteiger partial charge is 0.302 e. The van der Waals surface area contributed by atoms with Gasteiger partial charge in [0.25, 0.3) is 0 Å². The van der Waals surface area contributed by atoms with Crippen LogP contribution in [0.3, 0.4) is 0 Å². The first-order valence-corrected chi connectivity index (χ1v) is 14.0. The second-order valence-corrected chi connectivity index (χ2v) is 13.2. The minimum absolute atomic E-state index is 0.0831. The highest BCUT2D eigenvalue weighted by Crippen LogP contribution is 2.67. The number of carbonyl (C=O) groups excluding carboxylic acids is 1. The monoisotopic (exact) mass is 442 g/mol. The summed E-state index contributed by atoms with van der Waals surface area (Å²) in [6.07, 6.45) is 16.2. The third-order valence-electron chi connectivity index (χ3n) is 11.0. The van der Waals surface area contributed by atoms with E-state index in [4.69, 9.17) is 4.74 Å². The Bertz CT molecular complexity index is 722. The maximum Gasteiger partial charge on any atom is 0.302 e. The average Bonchev–Trinajstić information content (AvgIpc) is 3.07. The van der Waals surface area contributed by atoms with Crippen molar-refractivity contribution in [3.8, 4) is 0 Å². The van der Waals surface area contributed by atoms with Crippen LogP contribution in [0, 0.1) is 52.3 Å². The van der Waals surface area contributed by atoms with E-state index in [-0.39, 0.29) is 12.1 Å². The molecule has 0 bridgehead atoms. The number of carbonyl (C=O) groups is 1. The van der Waals surface area contributed by atoms with Crippen LogP contribution < -0.4 is 0 Å². The summed E-state index contributed by atoms with van der Waals surface area (Å²) in [5.74, 6) is 5.52. The Labute approximate surface area is 198 Å². The van der Waals surface area contributed by atoms with Gasteiger partial charge in [0.1, 0.15) is 6.10 Å². The Morgan fingerprint density at radius 1 is 1.06 bits per heavy atom. The van der Waals surface area contributed by atoms with E-state index in [9.17, 15) is 4.79 Å². The van der Waals surface area contributed by atoms with Gasteiger partial charge in [-0.3, -0.25) is 4.79 Å². The molecule has 9 atom stereocenters. The molecule has 0 aromatic rings. The van der Waals surface area contributed by atoms with Crippen LogP contribution in [0.1, 0.15) is 113 Å². The molecular formula is C30H50O2. The molecule has 2 nitrogen and oxygen atoms in total. The molecular weight excluding hydrogens is 392 g/mol. The van der Waals surface area contributed by atoms with E-state index >= 15 is 0 Å². The molecule has 3 saturated carbocycles. The molecule has 0 aromatic carbocycles. The Morgan fingerprint density at radius 3 is 2.50 bits per heavy atom. The van der Waals surface area contributed by atoms with Gasteiger partial charge in [0.2, 0.25) is 0 Å².